The fourth-order valence-electron chi connectivity index (χ4n) is 3.49. The first kappa shape index (κ1) is 17.0. The van der Waals surface area contributed by atoms with Gasteiger partial charge in [0.15, 0.2) is 0 Å². The van der Waals surface area contributed by atoms with Crippen molar-refractivity contribution in [3.8, 4) is 0 Å². The number of morpholine rings is 1. The van der Waals surface area contributed by atoms with Crippen molar-refractivity contribution in [1.29, 1.82) is 0 Å². The minimum absolute atomic E-state index is 0.00832. The van der Waals surface area contributed by atoms with E-state index in [-0.39, 0.29) is 42.4 Å². The molecule has 2 saturated heterocycles. The van der Waals surface area contributed by atoms with E-state index in [1.54, 1.807) is 11.1 Å². The summed E-state index contributed by atoms with van der Waals surface area (Å²) in [4.78, 5) is 28.7. The van der Waals surface area contributed by atoms with Gasteiger partial charge in [-0.3, -0.25) is 14.3 Å². The number of aromatic nitrogens is 2. The van der Waals surface area contributed by atoms with Gasteiger partial charge in [0.1, 0.15) is 0 Å². The average Bonchev–Trinajstić information content (AvgIpc) is 3.11. The number of carbonyl (C=O) groups excluding carboxylic acids is 2. The highest BCUT2D eigenvalue weighted by Gasteiger charge is 2.39. The molecule has 132 valence electrons. The van der Waals surface area contributed by atoms with Gasteiger partial charge in [0.2, 0.25) is 11.8 Å². The van der Waals surface area contributed by atoms with Crippen molar-refractivity contribution in [2.75, 3.05) is 24.5 Å². The Bertz CT molecular complexity index is 617. The molecule has 3 unspecified atom stereocenters. The predicted octanol–water partition coefficient (Wildman–Crippen LogP) is 1.45. The SMILES string of the molecule is CC1CN(C(=O)C2CC(=O)N(c3cnn(C(C)C)c3)C2)CC(C)O1. The maximum Gasteiger partial charge on any atom is 0.228 e. The standard InChI is InChI=1S/C17H26N4O3/c1-11(2)21-10-15(6-18-21)20-9-14(5-16(20)22)17(23)19-7-12(3)24-13(4)8-19/h6,10-14H,5,7-9H2,1-4H3. The number of hydrogen-bond donors (Lipinski definition) is 0. The number of hydrogen-bond acceptors (Lipinski definition) is 4. The maximum atomic E-state index is 12.8. The lowest BCUT2D eigenvalue weighted by molar-refractivity contribution is -0.147. The zero-order valence-corrected chi connectivity index (χ0v) is 14.8. The number of ether oxygens (including phenoxy) is 1. The lowest BCUT2D eigenvalue weighted by atomic mass is 10.1. The first-order chi connectivity index (χ1) is 11.3. The summed E-state index contributed by atoms with van der Waals surface area (Å²) in [6, 6.07) is 0.241. The summed E-state index contributed by atoms with van der Waals surface area (Å²) in [6.07, 6.45) is 3.91. The van der Waals surface area contributed by atoms with Crippen molar-refractivity contribution in [1.82, 2.24) is 14.7 Å². The molecule has 0 N–H and O–H groups in total. The van der Waals surface area contributed by atoms with Crippen molar-refractivity contribution in [3.05, 3.63) is 12.4 Å². The van der Waals surface area contributed by atoms with Crippen molar-refractivity contribution in [2.24, 2.45) is 5.92 Å². The second-order valence-corrected chi connectivity index (χ2v) is 7.18. The first-order valence-electron chi connectivity index (χ1n) is 8.64. The Balaban J connectivity index is 1.68. The summed E-state index contributed by atoms with van der Waals surface area (Å²) in [5, 5.41) is 4.29. The smallest absolute Gasteiger partial charge is 0.228 e. The van der Waals surface area contributed by atoms with Gasteiger partial charge < -0.3 is 14.5 Å². The molecule has 2 fully saturated rings. The van der Waals surface area contributed by atoms with Crippen LogP contribution in [-0.2, 0) is 14.3 Å². The Morgan fingerprint density at radius 2 is 1.92 bits per heavy atom. The molecular formula is C17H26N4O3. The molecule has 0 aliphatic carbocycles. The minimum atomic E-state index is -0.280. The lowest BCUT2D eigenvalue weighted by Gasteiger charge is -2.36. The van der Waals surface area contributed by atoms with Crippen LogP contribution in [0.25, 0.3) is 0 Å². The van der Waals surface area contributed by atoms with Crippen LogP contribution in [0.5, 0.6) is 0 Å². The van der Waals surface area contributed by atoms with Crippen LogP contribution in [-0.4, -0.2) is 58.3 Å². The van der Waals surface area contributed by atoms with E-state index in [0.717, 1.165) is 5.69 Å². The zero-order chi connectivity index (χ0) is 17.4. The number of anilines is 1. The van der Waals surface area contributed by atoms with Crippen LogP contribution in [0, 0.1) is 5.92 Å². The molecule has 3 atom stereocenters. The van der Waals surface area contributed by atoms with E-state index in [0.29, 0.717) is 19.6 Å². The molecule has 0 saturated carbocycles. The lowest BCUT2D eigenvalue weighted by Crippen LogP contribution is -2.50. The highest BCUT2D eigenvalue weighted by molar-refractivity contribution is 6.00. The molecule has 0 spiro atoms. The predicted molar refractivity (Wildman–Crippen MR) is 89.7 cm³/mol. The molecule has 1 aromatic heterocycles. The molecule has 3 heterocycles. The van der Waals surface area contributed by atoms with E-state index < -0.39 is 0 Å². The molecular weight excluding hydrogens is 308 g/mol. The number of rotatable bonds is 3. The van der Waals surface area contributed by atoms with Crippen LogP contribution in [0.3, 0.4) is 0 Å². The first-order valence-corrected chi connectivity index (χ1v) is 8.64. The molecule has 2 amide bonds. The Kier molecular flexibility index (Phi) is 4.62. The van der Waals surface area contributed by atoms with Crippen molar-refractivity contribution in [2.45, 2.75) is 52.4 Å². The normalized spacial score (nSPS) is 28.0. The van der Waals surface area contributed by atoms with Gasteiger partial charge >= 0.3 is 0 Å². The summed E-state index contributed by atoms with van der Waals surface area (Å²) >= 11 is 0. The van der Waals surface area contributed by atoms with Gasteiger partial charge in [0.25, 0.3) is 0 Å². The van der Waals surface area contributed by atoms with Gasteiger partial charge in [-0.1, -0.05) is 0 Å². The highest BCUT2D eigenvalue weighted by Crippen LogP contribution is 2.27. The molecule has 0 bridgehead atoms. The van der Waals surface area contributed by atoms with Gasteiger partial charge in [-0.05, 0) is 27.7 Å². The van der Waals surface area contributed by atoms with E-state index in [2.05, 4.69) is 5.10 Å². The third-order valence-corrected chi connectivity index (χ3v) is 4.63. The Morgan fingerprint density at radius 3 is 2.50 bits per heavy atom. The zero-order valence-electron chi connectivity index (χ0n) is 14.8. The summed E-state index contributed by atoms with van der Waals surface area (Å²) in [5.41, 5.74) is 0.771. The third kappa shape index (κ3) is 3.31. The Labute approximate surface area is 142 Å². The highest BCUT2D eigenvalue weighted by atomic mass is 16.5. The van der Waals surface area contributed by atoms with Crippen LogP contribution in [0.2, 0.25) is 0 Å². The number of nitrogens with zero attached hydrogens (tertiary/aromatic N) is 4. The van der Waals surface area contributed by atoms with Crippen molar-refractivity contribution in [3.63, 3.8) is 0 Å². The van der Waals surface area contributed by atoms with Crippen LogP contribution >= 0.6 is 0 Å². The van der Waals surface area contributed by atoms with E-state index in [1.165, 1.54) is 0 Å². The number of amides is 2. The molecule has 0 aromatic carbocycles. The van der Waals surface area contributed by atoms with E-state index in [4.69, 9.17) is 4.74 Å². The van der Waals surface area contributed by atoms with Crippen LogP contribution in [0.4, 0.5) is 5.69 Å². The second kappa shape index (κ2) is 6.55. The van der Waals surface area contributed by atoms with Crippen molar-refractivity contribution >= 4 is 17.5 Å². The molecule has 7 heteroatoms. The molecule has 2 aliphatic heterocycles. The van der Waals surface area contributed by atoms with Crippen LogP contribution in [0.15, 0.2) is 12.4 Å². The van der Waals surface area contributed by atoms with Gasteiger partial charge in [-0.2, -0.15) is 5.10 Å². The monoisotopic (exact) mass is 334 g/mol. The Morgan fingerprint density at radius 1 is 1.25 bits per heavy atom. The van der Waals surface area contributed by atoms with Gasteiger partial charge in [-0.15, -0.1) is 0 Å². The molecule has 7 nitrogen and oxygen atoms in total. The largest absolute Gasteiger partial charge is 0.372 e. The van der Waals surface area contributed by atoms with Crippen LogP contribution < -0.4 is 4.90 Å². The summed E-state index contributed by atoms with van der Waals surface area (Å²) < 4.78 is 7.51. The quantitative estimate of drug-likeness (QED) is 0.839. The average molecular weight is 334 g/mol. The van der Waals surface area contributed by atoms with E-state index in [1.807, 2.05) is 43.5 Å². The molecule has 24 heavy (non-hydrogen) atoms. The molecule has 3 rings (SSSR count). The topological polar surface area (TPSA) is 67.7 Å². The fraction of sp³-hybridized carbons (Fsp3) is 0.706. The summed E-state index contributed by atoms with van der Waals surface area (Å²) in [5.74, 6) is -0.229. The van der Waals surface area contributed by atoms with Gasteiger partial charge in [-0.25, -0.2) is 0 Å². The molecule has 1 aromatic rings. The summed E-state index contributed by atoms with van der Waals surface area (Å²) in [7, 11) is 0. The summed E-state index contributed by atoms with van der Waals surface area (Å²) in [6.45, 7) is 9.65. The van der Waals surface area contributed by atoms with Gasteiger partial charge in [0.05, 0.1) is 30.0 Å². The molecule has 2 aliphatic rings. The fourth-order valence-corrected chi connectivity index (χ4v) is 3.49. The second-order valence-electron chi connectivity index (χ2n) is 7.18. The van der Waals surface area contributed by atoms with Crippen molar-refractivity contribution < 1.29 is 14.3 Å². The minimum Gasteiger partial charge on any atom is -0.372 e. The van der Waals surface area contributed by atoms with Crippen LogP contribution in [0.1, 0.15) is 40.2 Å². The Hall–Kier alpha value is -1.89. The van der Waals surface area contributed by atoms with E-state index in [9.17, 15) is 9.59 Å². The number of carbonyl (C=O) groups is 2. The van der Waals surface area contributed by atoms with E-state index >= 15 is 0 Å². The van der Waals surface area contributed by atoms with Gasteiger partial charge in [0, 0.05) is 38.3 Å². The molecule has 0 radical (unpaired) electrons. The third-order valence-electron chi connectivity index (χ3n) is 4.63. The maximum absolute atomic E-state index is 12.8.